The van der Waals surface area contributed by atoms with E-state index in [1.54, 1.807) is 35.1 Å². The molecule has 2 amide bonds. The van der Waals surface area contributed by atoms with Crippen LogP contribution in [0.2, 0.25) is 0 Å². The smallest absolute Gasteiger partial charge is 0.276 e. The normalized spacial score (nSPS) is 10.5. The molecule has 2 aromatic heterocycles. The maximum atomic E-state index is 13.0. The molecule has 0 bridgehead atoms. The lowest BCUT2D eigenvalue weighted by molar-refractivity contribution is -0.121. The van der Waals surface area contributed by atoms with Crippen LogP contribution in [0.1, 0.15) is 21.7 Å². The molecule has 6 nitrogen and oxygen atoms in total. The fourth-order valence-electron chi connectivity index (χ4n) is 2.34. The predicted octanol–water partition coefficient (Wildman–Crippen LogP) is 2.68. The van der Waals surface area contributed by atoms with Gasteiger partial charge >= 0.3 is 0 Å². The van der Waals surface area contributed by atoms with E-state index >= 15 is 0 Å². The number of aryl methyl sites for hydroxylation is 2. The van der Waals surface area contributed by atoms with Crippen LogP contribution >= 0.6 is 11.3 Å². The molecule has 8 heteroatoms. The van der Waals surface area contributed by atoms with Crippen LogP contribution in [0.5, 0.6) is 0 Å². The molecule has 134 valence electrons. The van der Waals surface area contributed by atoms with Gasteiger partial charge in [0, 0.05) is 24.5 Å². The number of hydrogen-bond donors (Lipinski definition) is 2. The van der Waals surface area contributed by atoms with E-state index in [4.69, 9.17) is 0 Å². The number of thiophene rings is 1. The molecule has 0 spiro atoms. The van der Waals surface area contributed by atoms with Crippen molar-refractivity contribution in [1.29, 1.82) is 0 Å². The van der Waals surface area contributed by atoms with Crippen molar-refractivity contribution < 1.29 is 14.0 Å². The number of nitrogens with one attached hydrogen (secondary N) is 2. The van der Waals surface area contributed by atoms with Gasteiger partial charge in [-0.15, -0.1) is 11.3 Å². The van der Waals surface area contributed by atoms with Crippen molar-refractivity contribution in [2.45, 2.75) is 12.8 Å². The van der Waals surface area contributed by atoms with Gasteiger partial charge in [0.2, 0.25) is 5.91 Å². The molecule has 0 aliphatic carbocycles. The highest BCUT2D eigenvalue weighted by Crippen LogP contribution is 2.28. The van der Waals surface area contributed by atoms with Gasteiger partial charge in [0.1, 0.15) is 5.82 Å². The summed E-state index contributed by atoms with van der Waals surface area (Å²) in [6.45, 7) is 0. The first-order valence-electron chi connectivity index (χ1n) is 7.94. The van der Waals surface area contributed by atoms with Gasteiger partial charge in [-0.3, -0.25) is 25.1 Å². The Morgan fingerprint density at radius 1 is 1.15 bits per heavy atom. The fourth-order valence-corrected chi connectivity index (χ4v) is 3.25. The summed E-state index contributed by atoms with van der Waals surface area (Å²) in [5.74, 6) is -0.979. The van der Waals surface area contributed by atoms with Gasteiger partial charge in [-0.05, 0) is 41.8 Å². The molecule has 0 atom stereocenters. The van der Waals surface area contributed by atoms with Crippen molar-refractivity contribution in [1.82, 2.24) is 20.6 Å². The molecule has 1 aromatic carbocycles. The summed E-state index contributed by atoms with van der Waals surface area (Å²) in [4.78, 5) is 25.3. The number of nitrogens with zero attached hydrogens (tertiary/aromatic N) is 2. The number of hydrazine groups is 1. The van der Waals surface area contributed by atoms with Crippen LogP contribution in [0, 0.1) is 5.82 Å². The number of amides is 2. The monoisotopic (exact) mass is 372 g/mol. The SMILES string of the molecule is Cn1cc(CCC(=O)NNC(=O)c2ccc(-c3ccc(F)cc3)s2)cn1. The minimum absolute atomic E-state index is 0.247. The van der Waals surface area contributed by atoms with E-state index in [9.17, 15) is 14.0 Å². The first-order chi connectivity index (χ1) is 12.5. The average Bonchev–Trinajstić information content (AvgIpc) is 3.28. The first kappa shape index (κ1) is 17.8. The largest absolute Gasteiger partial charge is 0.279 e. The summed E-state index contributed by atoms with van der Waals surface area (Å²) in [5.41, 5.74) is 6.60. The number of hydrogen-bond acceptors (Lipinski definition) is 4. The lowest BCUT2D eigenvalue weighted by Crippen LogP contribution is -2.41. The van der Waals surface area contributed by atoms with Crippen LogP contribution < -0.4 is 10.9 Å². The van der Waals surface area contributed by atoms with Gasteiger partial charge in [0.15, 0.2) is 0 Å². The summed E-state index contributed by atoms with van der Waals surface area (Å²) in [5, 5.41) is 4.04. The van der Waals surface area contributed by atoms with Crippen LogP contribution in [0.25, 0.3) is 10.4 Å². The first-order valence-corrected chi connectivity index (χ1v) is 8.75. The topological polar surface area (TPSA) is 76.0 Å². The van der Waals surface area contributed by atoms with E-state index in [0.29, 0.717) is 11.3 Å². The predicted molar refractivity (Wildman–Crippen MR) is 96.9 cm³/mol. The number of carbonyl (C=O) groups excluding carboxylic acids is 2. The molecule has 3 rings (SSSR count). The Hall–Kier alpha value is -3.00. The zero-order chi connectivity index (χ0) is 18.5. The Morgan fingerprint density at radius 2 is 1.92 bits per heavy atom. The van der Waals surface area contributed by atoms with E-state index in [1.165, 1.54) is 23.5 Å². The summed E-state index contributed by atoms with van der Waals surface area (Å²) >= 11 is 1.27. The maximum absolute atomic E-state index is 13.0. The van der Waals surface area contributed by atoms with Crippen molar-refractivity contribution in [3.63, 3.8) is 0 Å². The second kappa shape index (κ2) is 7.92. The standard InChI is InChI=1S/C18H17FN4O2S/c1-23-11-12(10-20-23)2-9-17(24)21-22-18(25)16-8-7-15(26-16)13-3-5-14(19)6-4-13/h3-8,10-11H,2,9H2,1H3,(H,21,24)(H,22,25). The maximum Gasteiger partial charge on any atom is 0.279 e. The molecule has 26 heavy (non-hydrogen) atoms. The minimum Gasteiger partial charge on any atom is -0.276 e. The average molecular weight is 372 g/mol. The van der Waals surface area contributed by atoms with E-state index in [2.05, 4.69) is 16.0 Å². The van der Waals surface area contributed by atoms with Crippen LogP contribution in [0.4, 0.5) is 4.39 Å². The third-order valence-electron chi connectivity index (χ3n) is 3.67. The highest BCUT2D eigenvalue weighted by atomic mass is 32.1. The Morgan fingerprint density at radius 3 is 2.62 bits per heavy atom. The summed E-state index contributed by atoms with van der Waals surface area (Å²) < 4.78 is 14.6. The zero-order valence-corrected chi connectivity index (χ0v) is 14.8. The molecule has 0 radical (unpaired) electrons. The third-order valence-corrected chi connectivity index (χ3v) is 4.81. The molecule has 0 saturated carbocycles. The number of aromatic nitrogens is 2. The van der Waals surface area contributed by atoms with Crippen molar-refractivity contribution >= 4 is 23.2 Å². The fraction of sp³-hybridized carbons (Fsp3) is 0.167. The number of carbonyl (C=O) groups is 2. The van der Waals surface area contributed by atoms with E-state index in [0.717, 1.165) is 16.0 Å². The Balaban J connectivity index is 1.50. The quantitative estimate of drug-likeness (QED) is 0.676. The molecular weight excluding hydrogens is 355 g/mol. The second-order valence-electron chi connectivity index (χ2n) is 5.70. The molecule has 3 aromatic rings. The van der Waals surface area contributed by atoms with Gasteiger partial charge in [0.05, 0.1) is 11.1 Å². The Bertz CT molecular complexity index is 917. The molecular formula is C18H17FN4O2S. The third kappa shape index (κ3) is 4.54. The molecule has 0 aliphatic heterocycles. The van der Waals surface area contributed by atoms with Crippen LogP contribution in [-0.4, -0.2) is 21.6 Å². The van der Waals surface area contributed by atoms with Crippen molar-refractivity contribution in [2.75, 3.05) is 0 Å². The molecule has 2 N–H and O–H groups in total. The van der Waals surface area contributed by atoms with E-state index in [1.807, 2.05) is 13.2 Å². The number of benzene rings is 1. The van der Waals surface area contributed by atoms with Gasteiger partial charge in [0.25, 0.3) is 5.91 Å². The zero-order valence-electron chi connectivity index (χ0n) is 14.0. The molecule has 0 saturated heterocycles. The minimum atomic E-state index is -0.391. The van der Waals surface area contributed by atoms with Gasteiger partial charge < -0.3 is 0 Å². The van der Waals surface area contributed by atoms with E-state index in [-0.39, 0.29) is 18.1 Å². The molecule has 2 heterocycles. The highest BCUT2D eigenvalue weighted by Gasteiger charge is 2.11. The van der Waals surface area contributed by atoms with Gasteiger partial charge in [-0.1, -0.05) is 12.1 Å². The Labute approximate surface area is 153 Å². The second-order valence-corrected chi connectivity index (χ2v) is 6.78. The van der Waals surface area contributed by atoms with Crippen LogP contribution in [0.3, 0.4) is 0 Å². The summed E-state index contributed by atoms with van der Waals surface area (Å²) in [7, 11) is 1.81. The lowest BCUT2D eigenvalue weighted by Gasteiger charge is -2.05. The molecule has 0 aliphatic rings. The lowest BCUT2D eigenvalue weighted by atomic mass is 10.2. The highest BCUT2D eigenvalue weighted by molar-refractivity contribution is 7.17. The van der Waals surface area contributed by atoms with Crippen molar-refractivity contribution in [2.24, 2.45) is 7.05 Å². The van der Waals surface area contributed by atoms with Crippen molar-refractivity contribution in [3.8, 4) is 10.4 Å². The summed E-state index contributed by atoms with van der Waals surface area (Å²) in [6, 6.07) is 9.51. The molecule has 0 fully saturated rings. The number of rotatable bonds is 5. The van der Waals surface area contributed by atoms with Crippen molar-refractivity contribution in [3.05, 3.63) is 65.0 Å². The van der Waals surface area contributed by atoms with Gasteiger partial charge in [-0.25, -0.2) is 4.39 Å². The Kier molecular flexibility index (Phi) is 5.43. The molecule has 0 unspecified atom stereocenters. The van der Waals surface area contributed by atoms with Crippen LogP contribution in [0.15, 0.2) is 48.8 Å². The summed E-state index contributed by atoms with van der Waals surface area (Å²) in [6.07, 6.45) is 4.34. The number of halogens is 1. The van der Waals surface area contributed by atoms with Gasteiger partial charge in [-0.2, -0.15) is 5.10 Å². The van der Waals surface area contributed by atoms with Crippen LogP contribution in [-0.2, 0) is 18.3 Å². The van der Waals surface area contributed by atoms with E-state index < -0.39 is 5.91 Å².